The second-order valence-corrected chi connectivity index (χ2v) is 16.2. The van der Waals surface area contributed by atoms with Gasteiger partial charge in [0.05, 0.1) is 12.0 Å². The monoisotopic (exact) mass is 746 g/mol. The SMILES string of the molecule is CC(C)C[C@@H](NC(=O)[C@H](CC(=O)N(CCN)Cc1ccccc1)Cc1ccccc1)C(=O)C[C@H](CCCCN)C(=O)N1CCC2(CC1)CC(N)(C(=O)O)C2. The Balaban J connectivity index is 1.47. The molecule has 0 aromatic heterocycles. The van der Waals surface area contributed by atoms with Crippen LogP contribution in [0.2, 0.25) is 0 Å². The quantitative estimate of drug-likeness (QED) is 0.118. The number of nitrogens with two attached hydrogens (primary N) is 3. The van der Waals surface area contributed by atoms with Crippen molar-refractivity contribution in [3.8, 4) is 0 Å². The Morgan fingerprint density at radius 2 is 1.46 bits per heavy atom. The predicted octanol–water partition coefficient (Wildman–Crippen LogP) is 3.64. The van der Waals surface area contributed by atoms with Gasteiger partial charge in [0.1, 0.15) is 5.54 Å². The molecule has 1 saturated heterocycles. The number of hydrogen-bond donors (Lipinski definition) is 5. The molecule has 3 amide bonds. The number of Topliss-reactive ketones (excluding diaryl/α,β-unsaturated/α-hetero) is 1. The molecular formula is C42H62N6O6. The minimum atomic E-state index is -1.20. The minimum absolute atomic E-state index is 0.0166. The number of rotatable bonds is 21. The van der Waals surface area contributed by atoms with Gasteiger partial charge in [-0.2, -0.15) is 0 Å². The number of carbonyl (C=O) groups is 5. The van der Waals surface area contributed by atoms with E-state index in [0.29, 0.717) is 84.1 Å². The molecule has 2 fully saturated rings. The van der Waals surface area contributed by atoms with Crippen LogP contribution in [0, 0.1) is 23.2 Å². The van der Waals surface area contributed by atoms with Crippen molar-refractivity contribution < 1.29 is 29.1 Å². The van der Waals surface area contributed by atoms with Gasteiger partial charge in [0.15, 0.2) is 5.78 Å². The maximum Gasteiger partial charge on any atom is 0.323 e. The van der Waals surface area contributed by atoms with Crippen LogP contribution in [-0.4, -0.2) is 88.7 Å². The van der Waals surface area contributed by atoms with E-state index in [0.717, 1.165) is 17.5 Å². The van der Waals surface area contributed by atoms with Gasteiger partial charge in [-0.1, -0.05) is 80.9 Å². The number of carboxylic acids is 1. The highest BCUT2D eigenvalue weighted by Gasteiger charge is 2.57. The van der Waals surface area contributed by atoms with Gasteiger partial charge in [-0.25, -0.2) is 0 Å². The molecule has 0 bridgehead atoms. The Labute approximate surface area is 320 Å². The van der Waals surface area contributed by atoms with Crippen LogP contribution in [0.3, 0.4) is 0 Å². The average Bonchev–Trinajstić information content (AvgIpc) is 3.13. The molecule has 1 saturated carbocycles. The summed E-state index contributed by atoms with van der Waals surface area (Å²) in [5.74, 6) is -3.07. The molecule has 12 nitrogen and oxygen atoms in total. The van der Waals surface area contributed by atoms with Gasteiger partial charge in [0.25, 0.3) is 0 Å². The van der Waals surface area contributed by atoms with Crippen molar-refractivity contribution in [2.75, 3.05) is 32.7 Å². The van der Waals surface area contributed by atoms with Gasteiger partial charge < -0.3 is 37.4 Å². The Kier molecular flexibility index (Phi) is 15.8. The lowest BCUT2D eigenvalue weighted by Crippen LogP contribution is -2.65. The number of likely N-dealkylation sites (tertiary alicyclic amines) is 1. The molecular weight excluding hydrogens is 684 g/mol. The fraction of sp³-hybridized carbons (Fsp3) is 0.595. The second-order valence-electron chi connectivity index (χ2n) is 16.2. The zero-order valence-electron chi connectivity index (χ0n) is 32.2. The maximum absolute atomic E-state index is 14.2. The highest BCUT2D eigenvalue weighted by molar-refractivity contribution is 5.94. The van der Waals surface area contributed by atoms with Crippen molar-refractivity contribution in [3.05, 3.63) is 71.8 Å². The van der Waals surface area contributed by atoms with Crippen molar-refractivity contribution in [2.45, 2.75) is 103 Å². The van der Waals surface area contributed by atoms with Gasteiger partial charge in [0, 0.05) is 51.5 Å². The van der Waals surface area contributed by atoms with Gasteiger partial charge in [-0.05, 0) is 80.4 Å². The maximum atomic E-state index is 14.2. The summed E-state index contributed by atoms with van der Waals surface area (Å²) in [5.41, 5.74) is 18.3. The van der Waals surface area contributed by atoms with Crippen LogP contribution >= 0.6 is 0 Å². The normalized spacial score (nSPS) is 17.6. The summed E-state index contributed by atoms with van der Waals surface area (Å²) in [6.07, 6.45) is 4.72. The molecule has 296 valence electrons. The van der Waals surface area contributed by atoms with E-state index >= 15 is 0 Å². The fourth-order valence-electron chi connectivity index (χ4n) is 8.26. The lowest BCUT2D eigenvalue weighted by Gasteiger charge is -2.55. The molecule has 54 heavy (non-hydrogen) atoms. The third-order valence-electron chi connectivity index (χ3n) is 11.2. The Morgan fingerprint density at radius 1 is 0.852 bits per heavy atom. The number of amides is 3. The smallest absolute Gasteiger partial charge is 0.323 e. The Morgan fingerprint density at radius 3 is 2.02 bits per heavy atom. The first kappa shape index (κ1) is 42.6. The van der Waals surface area contributed by atoms with Crippen LogP contribution in [0.5, 0.6) is 0 Å². The lowest BCUT2D eigenvalue weighted by molar-refractivity contribution is -0.158. The average molecular weight is 747 g/mol. The number of unbranched alkanes of at least 4 members (excludes halogenated alkanes) is 1. The highest BCUT2D eigenvalue weighted by Crippen LogP contribution is 2.53. The molecule has 1 heterocycles. The number of nitrogens with one attached hydrogen (secondary N) is 1. The van der Waals surface area contributed by atoms with Crippen molar-refractivity contribution in [1.82, 2.24) is 15.1 Å². The number of hydrogen-bond acceptors (Lipinski definition) is 8. The van der Waals surface area contributed by atoms with Crippen molar-refractivity contribution in [3.63, 3.8) is 0 Å². The number of carboxylic acid groups (broad SMARTS) is 1. The number of ketones is 1. The van der Waals surface area contributed by atoms with Gasteiger partial charge >= 0.3 is 5.97 Å². The fourth-order valence-corrected chi connectivity index (χ4v) is 8.26. The molecule has 2 aromatic rings. The lowest BCUT2D eigenvalue weighted by atomic mass is 9.54. The number of carbonyl (C=O) groups excluding carboxylic acids is 4. The van der Waals surface area contributed by atoms with Crippen molar-refractivity contribution in [2.24, 2.45) is 40.4 Å². The largest absolute Gasteiger partial charge is 0.480 e. The summed E-state index contributed by atoms with van der Waals surface area (Å²) in [5, 5.41) is 12.5. The minimum Gasteiger partial charge on any atom is -0.480 e. The van der Waals surface area contributed by atoms with Crippen LogP contribution in [0.25, 0.3) is 0 Å². The third kappa shape index (κ3) is 11.9. The van der Waals surface area contributed by atoms with E-state index in [-0.39, 0.29) is 54.2 Å². The molecule has 2 aliphatic rings. The summed E-state index contributed by atoms with van der Waals surface area (Å²) >= 11 is 0. The van der Waals surface area contributed by atoms with E-state index in [9.17, 15) is 29.1 Å². The molecule has 1 spiro atoms. The van der Waals surface area contributed by atoms with Crippen LogP contribution in [-0.2, 0) is 36.9 Å². The summed E-state index contributed by atoms with van der Waals surface area (Å²) in [7, 11) is 0. The van der Waals surface area contributed by atoms with Gasteiger partial charge in [0.2, 0.25) is 17.7 Å². The number of piperidine rings is 1. The third-order valence-corrected chi connectivity index (χ3v) is 11.2. The summed E-state index contributed by atoms with van der Waals surface area (Å²) < 4.78 is 0. The number of benzene rings is 2. The van der Waals surface area contributed by atoms with Crippen LogP contribution in [0.15, 0.2) is 60.7 Å². The molecule has 2 aromatic carbocycles. The van der Waals surface area contributed by atoms with Crippen LogP contribution in [0.1, 0.15) is 89.2 Å². The van der Waals surface area contributed by atoms with Gasteiger partial charge in [-0.15, -0.1) is 0 Å². The zero-order chi connectivity index (χ0) is 39.3. The molecule has 1 aliphatic carbocycles. The predicted molar refractivity (Wildman–Crippen MR) is 209 cm³/mol. The van der Waals surface area contributed by atoms with Crippen LogP contribution in [0.4, 0.5) is 0 Å². The van der Waals surface area contributed by atoms with E-state index in [2.05, 4.69) is 5.32 Å². The summed E-state index contributed by atoms with van der Waals surface area (Å²) in [6, 6.07) is 18.3. The molecule has 0 unspecified atom stereocenters. The molecule has 1 aliphatic heterocycles. The van der Waals surface area contributed by atoms with Crippen LogP contribution < -0.4 is 22.5 Å². The first-order valence-corrected chi connectivity index (χ1v) is 19.7. The first-order chi connectivity index (χ1) is 25.8. The van der Waals surface area contributed by atoms with E-state index < -0.39 is 29.4 Å². The zero-order valence-corrected chi connectivity index (χ0v) is 32.2. The first-order valence-electron chi connectivity index (χ1n) is 19.7. The molecule has 12 heteroatoms. The van der Waals surface area contributed by atoms with E-state index in [1.807, 2.05) is 79.4 Å². The summed E-state index contributed by atoms with van der Waals surface area (Å²) in [4.78, 5) is 71.3. The molecule has 8 N–H and O–H groups in total. The number of nitrogens with zero attached hydrogens (tertiary/aromatic N) is 2. The molecule has 3 atom stereocenters. The summed E-state index contributed by atoms with van der Waals surface area (Å²) in [6.45, 7) is 6.43. The molecule has 0 radical (unpaired) electrons. The Bertz CT molecular complexity index is 1540. The molecule has 4 rings (SSSR count). The number of aliphatic carboxylic acids is 1. The standard InChI is InChI=1S/C42H62N6O6/c1-30(2)23-35(36(49)25-33(15-9-10-18-43)39(52)47-20-16-41(17-21-47)28-42(45,29-41)40(53)54)46-38(51)34(24-31-11-5-3-6-12-31)26-37(50)48(22-19-44)27-32-13-7-4-8-14-32/h3-8,11-14,30,33-35H,9-10,15-29,43-45H2,1-2H3,(H,46,51)(H,53,54)/t33-,34-,35+/m0/s1. The van der Waals surface area contributed by atoms with Crippen molar-refractivity contribution in [1.29, 1.82) is 0 Å². The van der Waals surface area contributed by atoms with Gasteiger partial charge in [-0.3, -0.25) is 24.0 Å². The van der Waals surface area contributed by atoms with Crippen molar-refractivity contribution >= 4 is 29.5 Å². The topological polar surface area (TPSA) is 202 Å². The second kappa shape index (κ2) is 20.0. The highest BCUT2D eigenvalue weighted by atomic mass is 16.4. The Hall–Kier alpha value is -4.13. The van der Waals surface area contributed by atoms with E-state index in [4.69, 9.17) is 17.2 Å². The van der Waals surface area contributed by atoms with E-state index in [1.54, 1.807) is 4.90 Å². The van der Waals surface area contributed by atoms with E-state index in [1.165, 1.54) is 0 Å².